The van der Waals surface area contributed by atoms with Crippen LogP contribution in [0.1, 0.15) is 42.7 Å². The molecule has 0 amide bonds. The Hall–Kier alpha value is -3.54. The van der Waals surface area contributed by atoms with Gasteiger partial charge in [0.15, 0.2) is 5.78 Å². The Morgan fingerprint density at radius 3 is 2.31 bits per heavy atom. The molecule has 32 heavy (non-hydrogen) atoms. The number of ether oxygens (including phenoxy) is 3. The molecule has 1 aliphatic heterocycles. The molecule has 0 fully saturated rings. The van der Waals surface area contributed by atoms with Gasteiger partial charge in [0.25, 0.3) is 0 Å². The summed E-state index contributed by atoms with van der Waals surface area (Å²) < 4.78 is 15.7. The summed E-state index contributed by atoms with van der Waals surface area (Å²) in [5.74, 6) is 0.590. The minimum atomic E-state index is -0.502. The first-order chi connectivity index (χ1) is 15.5. The summed E-state index contributed by atoms with van der Waals surface area (Å²) in [5, 5.41) is 3.35. The van der Waals surface area contributed by atoms with E-state index in [0.29, 0.717) is 35.4 Å². The lowest BCUT2D eigenvalue weighted by molar-refractivity contribution is -0.136. The minimum Gasteiger partial charge on any atom is -0.497 e. The van der Waals surface area contributed by atoms with Crippen LogP contribution in [0, 0.1) is 0 Å². The molecule has 4 rings (SSSR count). The van der Waals surface area contributed by atoms with E-state index in [-0.39, 0.29) is 11.7 Å². The van der Waals surface area contributed by atoms with E-state index < -0.39 is 11.9 Å². The van der Waals surface area contributed by atoms with E-state index in [1.165, 1.54) is 7.11 Å². The highest BCUT2D eigenvalue weighted by molar-refractivity contribution is 6.04. The molecule has 2 atom stereocenters. The van der Waals surface area contributed by atoms with Crippen molar-refractivity contribution < 1.29 is 23.8 Å². The third kappa shape index (κ3) is 3.88. The first-order valence-corrected chi connectivity index (χ1v) is 10.6. The summed E-state index contributed by atoms with van der Waals surface area (Å²) in [6.45, 7) is 1.85. The smallest absolute Gasteiger partial charge is 0.336 e. The van der Waals surface area contributed by atoms with E-state index in [0.717, 1.165) is 22.6 Å². The van der Waals surface area contributed by atoms with Gasteiger partial charge in [-0.05, 0) is 54.7 Å². The Bertz CT molecular complexity index is 1110. The van der Waals surface area contributed by atoms with Gasteiger partial charge in [-0.15, -0.1) is 0 Å². The highest BCUT2D eigenvalue weighted by Gasteiger charge is 2.41. The molecule has 6 heteroatoms. The van der Waals surface area contributed by atoms with Crippen LogP contribution >= 0.6 is 0 Å². The van der Waals surface area contributed by atoms with Gasteiger partial charge in [0.2, 0.25) is 0 Å². The minimum absolute atomic E-state index is 0.0290. The highest BCUT2D eigenvalue weighted by Crippen LogP contribution is 2.46. The Kier molecular flexibility index (Phi) is 6.04. The van der Waals surface area contributed by atoms with Gasteiger partial charge < -0.3 is 19.5 Å². The van der Waals surface area contributed by atoms with Crippen LogP contribution in [0.15, 0.2) is 71.1 Å². The van der Waals surface area contributed by atoms with Gasteiger partial charge in [-0.1, -0.05) is 24.3 Å². The van der Waals surface area contributed by atoms with Crippen LogP contribution < -0.4 is 14.8 Å². The maximum Gasteiger partial charge on any atom is 0.336 e. The van der Waals surface area contributed by atoms with Gasteiger partial charge in [0, 0.05) is 29.3 Å². The van der Waals surface area contributed by atoms with Gasteiger partial charge in [-0.2, -0.15) is 0 Å². The van der Waals surface area contributed by atoms with Crippen molar-refractivity contribution in [3.8, 4) is 11.5 Å². The average molecular weight is 434 g/mol. The van der Waals surface area contributed by atoms with Crippen LogP contribution in [-0.4, -0.2) is 33.1 Å². The molecule has 0 saturated heterocycles. The van der Waals surface area contributed by atoms with Crippen LogP contribution in [0.4, 0.5) is 0 Å². The van der Waals surface area contributed by atoms with Crippen molar-refractivity contribution in [3.05, 3.63) is 82.2 Å². The van der Waals surface area contributed by atoms with Crippen molar-refractivity contribution in [2.75, 3.05) is 21.3 Å². The molecule has 1 heterocycles. The van der Waals surface area contributed by atoms with Crippen LogP contribution in [0.2, 0.25) is 0 Å². The fraction of sp³-hybridized carbons (Fsp3) is 0.308. The van der Waals surface area contributed by atoms with Gasteiger partial charge in [-0.3, -0.25) is 4.79 Å². The Balaban J connectivity index is 1.78. The Morgan fingerprint density at radius 2 is 1.66 bits per heavy atom. The number of dihydropyridines is 1. The predicted molar refractivity (Wildman–Crippen MR) is 121 cm³/mol. The molecule has 0 aromatic heterocycles. The lowest BCUT2D eigenvalue weighted by Gasteiger charge is -2.36. The number of hydrogen-bond donors (Lipinski definition) is 1. The van der Waals surface area contributed by atoms with Crippen LogP contribution in [0.5, 0.6) is 11.5 Å². The molecule has 0 saturated carbocycles. The largest absolute Gasteiger partial charge is 0.497 e. The lowest BCUT2D eigenvalue weighted by atomic mass is 9.71. The standard InChI is InChI=1S/C26H27NO5/c1-15-23(26(29)32-4)24(17-6-5-7-20(12-17)31-3)25-21(27-15)13-18(14-22(25)28)16-8-10-19(30-2)11-9-16/h5-12,18,24,27H,13-14H2,1-4H3. The molecule has 1 N–H and O–H groups in total. The topological polar surface area (TPSA) is 73.9 Å². The zero-order valence-electron chi connectivity index (χ0n) is 18.7. The molecule has 0 radical (unpaired) electrons. The number of benzene rings is 2. The number of hydrogen-bond acceptors (Lipinski definition) is 6. The number of carbonyl (C=O) groups is 2. The zero-order valence-corrected chi connectivity index (χ0v) is 18.7. The van der Waals surface area contributed by atoms with Gasteiger partial charge in [0.1, 0.15) is 11.5 Å². The average Bonchev–Trinajstić information content (AvgIpc) is 2.82. The number of Topliss-reactive ketones (excluding diaryl/α,β-unsaturated/α-hetero) is 1. The number of methoxy groups -OCH3 is 3. The fourth-order valence-electron chi connectivity index (χ4n) is 4.69. The Morgan fingerprint density at radius 1 is 0.938 bits per heavy atom. The van der Waals surface area contributed by atoms with E-state index in [9.17, 15) is 9.59 Å². The summed E-state index contributed by atoms with van der Waals surface area (Å²) >= 11 is 0. The number of rotatable bonds is 5. The summed E-state index contributed by atoms with van der Waals surface area (Å²) in [7, 11) is 4.59. The lowest BCUT2D eigenvalue weighted by Crippen LogP contribution is -2.36. The van der Waals surface area contributed by atoms with E-state index >= 15 is 0 Å². The third-order valence-electron chi connectivity index (χ3n) is 6.25. The van der Waals surface area contributed by atoms with E-state index in [4.69, 9.17) is 14.2 Å². The second kappa shape index (κ2) is 8.91. The van der Waals surface area contributed by atoms with Gasteiger partial charge >= 0.3 is 5.97 Å². The molecular weight excluding hydrogens is 406 g/mol. The molecule has 2 aliphatic rings. The SMILES string of the molecule is COC(=O)C1=C(C)NC2=C(C(=O)CC(c3ccc(OC)cc3)C2)C1c1cccc(OC)c1. The molecule has 0 spiro atoms. The predicted octanol–water partition coefficient (Wildman–Crippen LogP) is 4.24. The molecule has 2 unspecified atom stereocenters. The molecule has 166 valence electrons. The first kappa shape index (κ1) is 21.7. The second-order valence-corrected chi connectivity index (χ2v) is 8.06. The van der Waals surface area contributed by atoms with Crippen molar-refractivity contribution in [2.24, 2.45) is 0 Å². The van der Waals surface area contributed by atoms with Crippen molar-refractivity contribution in [1.82, 2.24) is 5.32 Å². The molecule has 2 aromatic rings. The number of allylic oxidation sites excluding steroid dienone is 3. The number of ketones is 1. The summed E-state index contributed by atoms with van der Waals surface area (Å²) in [4.78, 5) is 26.3. The van der Waals surface area contributed by atoms with Crippen LogP contribution in [-0.2, 0) is 14.3 Å². The summed E-state index contributed by atoms with van der Waals surface area (Å²) in [5.41, 5.74) is 4.57. The van der Waals surface area contributed by atoms with Gasteiger partial charge in [0.05, 0.1) is 26.9 Å². The summed E-state index contributed by atoms with van der Waals surface area (Å²) in [6.07, 6.45) is 1.06. The molecular formula is C26H27NO5. The van der Waals surface area contributed by atoms with Crippen molar-refractivity contribution >= 4 is 11.8 Å². The molecule has 2 aromatic carbocycles. The quantitative estimate of drug-likeness (QED) is 0.711. The molecule has 0 bridgehead atoms. The molecule has 6 nitrogen and oxygen atoms in total. The van der Waals surface area contributed by atoms with Crippen molar-refractivity contribution in [2.45, 2.75) is 31.6 Å². The maximum atomic E-state index is 13.5. The van der Waals surface area contributed by atoms with Crippen molar-refractivity contribution in [1.29, 1.82) is 0 Å². The van der Waals surface area contributed by atoms with Crippen molar-refractivity contribution in [3.63, 3.8) is 0 Å². The summed E-state index contributed by atoms with van der Waals surface area (Å²) in [6, 6.07) is 15.3. The third-order valence-corrected chi connectivity index (χ3v) is 6.25. The second-order valence-electron chi connectivity index (χ2n) is 8.06. The van der Waals surface area contributed by atoms with E-state index in [1.54, 1.807) is 14.2 Å². The first-order valence-electron chi connectivity index (χ1n) is 10.6. The Labute approximate surface area is 187 Å². The number of esters is 1. The fourth-order valence-corrected chi connectivity index (χ4v) is 4.69. The number of nitrogens with one attached hydrogen (secondary N) is 1. The van der Waals surface area contributed by atoms with Crippen LogP contribution in [0.25, 0.3) is 0 Å². The van der Waals surface area contributed by atoms with E-state index in [1.807, 2.05) is 55.5 Å². The number of carbonyl (C=O) groups excluding carboxylic acids is 2. The van der Waals surface area contributed by atoms with Crippen LogP contribution in [0.3, 0.4) is 0 Å². The normalized spacial score (nSPS) is 20.4. The van der Waals surface area contributed by atoms with E-state index in [2.05, 4.69) is 5.32 Å². The van der Waals surface area contributed by atoms with Gasteiger partial charge in [-0.25, -0.2) is 4.79 Å². The highest BCUT2D eigenvalue weighted by atomic mass is 16.5. The zero-order chi connectivity index (χ0) is 22.8. The maximum absolute atomic E-state index is 13.5. The monoisotopic (exact) mass is 433 g/mol. The molecule has 1 aliphatic carbocycles.